The van der Waals surface area contributed by atoms with Crippen LogP contribution >= 0.6 is 0 Å². The molecule has 72 heavy (non-hydrogen) atoms. The lowest BCUT2D eigenvalue weighted by Crippen LogP contribution is -2.65. The predicted octanol–water partition coefficient (Wildman–Crippen LogP) is 7.11. The highest BCUT2D eigenvalue weighted by Crippen LogP contribution is 2.25. The Hall–Kier alpha value is -3.42. The Morgan fingerprint density at radius 2 is 1.06 bits per heavy atom. The molecule has 0 bridgehead atoms. The van der Waals surface area contributed by atoms with E-state index in [0.717, 1.165) is 43.4 Å². The molecule has 1 fully saturated rings. The van der Waals surface area contributed by atoms with Crippen LogP contribution in [0.25, 0.3) is 0 Å². The molecule has 1 aliphatic heterocycles. The van der Waals surface area contributed by atoms with Crippen LogP contribution in [0.2, 0.25) is 0 Å². The number of hydrogen-bond acceptors (Lipinski definition) is 15. The Morgan fingerprint density at radius 3 is 1.46 bits per heavy atom. The third-order valence-electron chi connectivity index (χ3n) is 13.2. The molecule has 0 aliphatic carbocycles. The normalized spacial score (nSPS) is 19.4. The molecule has 3 amide bonds. The third kappa shape index (κ3) is 31.3. The molecule has 0 spiro atoms. The zero-order chi connectivity index (χ0) is 53.5. The first-order chi connectivity index (χ1) is 34.6. The van der Waals surface area contributed by atoms with Crippen LogP contribution < -0.4 is 16.8 Å². The summed E-state index contributed by atoms with van der Waals surface area (Å²) in [5, 5.41) is 33.7. The lowest BCUT2D eigenvalue weighted by atomic mass is 9.96. The standard InChI is InChI=1S/C54H100N4O14/c1-6-8-10-12-14-16-18-20-22-24-26-28-30-32-46(61)68-38-43(71-48(63)33-31-29-27-25-23-21-19-17-15-13-11-9-7-2)39-69-47(62)35-34-44(52(56)65)58(53(66)41(4)55)36-40(3)70-51-49(57-42(5)60)54(67)72-45(37-59)50(51)64/h40-41,43-45,49-51,54,59,64,67H,6-39,55H2,1-5H3,(H2,56,65)(H,57,60)/t40?,41-,43-,44-,45+,49+,50+,51+,54-/m0/s1. The van der Waals surface area contributed by atoms with Crippen LogP contribution in [0.3, 0.4) is 0 Å². The predicted molar refractivity (Wildman–Crippen MR) is 276 cm³/mol. The van der Waals surface area contributed by atoms with Crippen LogP contribution in [0.15, 0.2) is 0 Å². The second-order valence-electron chi connectivity index (χ2n) is 20.1. The van der Waals surface area contributed by atoms with Crippen molar-refractivity contribution in [2.75, 3.05) is 26.4 Å². The molecule has 0 aromatic rings. The van der Waals surface area contributed by atoms with Crippen LogP contribution in [0, 0.1) is 0 Å². The first-order valence-electron chi connectivity index (χ1n) is 28.0. The molecule has 8 N–H and O–H groups in total. The van der Waals surface area contributed by atoms with Gasteiger partial charge in [0.15, 0.2) is 12.4 Å². The number of aliphatic hydroxyl groups is 3. The molecule has 0 saturated carbocycles. The zero-order valence-electron chi connectivity index (χ0n) is 45.2. The lowest BCUT2D eigenvalue weighted by Gasteiger charge is -2.44. The summed E-state index contributed by atoms with van der Waals surface area (Å²) in [7, 11) is 0. The molecule has 18 heteroatoms. The maximum Gasteiger partial charge on any atom is 0.306 e. The van der Waals surface area contributed by atoms with Crippen LogP contribution in [0.4, 0.5) is 0 Å². The van der Waals surface area contributed by atoms with Crippen LogP contribution in [-0.4, -0.2) is 137 Å². The smallest absolute Gasteiger partial charge is 0.306 e. The fourth-order valence-electron chi connectivity index (χ4n) is 9.01. The highest BCUT2D eigenvalue weighted by Gasteiger charge is 2.47. The number of nitrogens with zero attached hydrogens (tertiary/aromatic N) is 1. The van der Waals surface area contributed by atoms with Crippen LogP contribution in [0.5, 0.6) is 0 Å². The van der Waals surface area contributed by atoms with E-state index in [1.54, 1.807) is 0 Å². The molecular formula is C54H100N4O14. The van der Waals surface area contributed by atoms with Gasteiger partial charge in [-0.1, -0.05) is 168 Å². The minimum Gasteiger partial charge on any atom is -0.462 e. The summed E-state index contributed by atoms with van der Waals surface area (Å²) in [6.07, 6.45) is 22.2. The van der Waals surface area contributed by atoms with E-state index in [9.17, 15) is 44.1 Å². The van der Waals surface area contributed by atoms with Crippen LogP contribution in [-0.2, 0) is 52.5 Å². The van der Waals surface area contributed by atoms with Gasteiger partial charge in [0, 0.05) is 32.7 Å². The average molecular weight is 1030 g/mol. The molecule has 420 valence electrons. The van der Waals surface area contributed by atoms with Gasteiger partial charge in [0.25, 0.3) is 0 Å². The van der Waals surface area contributed by atoms with Gasteiger partial charge in [0.1, 0.15) is 43.6 Å². The number of primary amides is 1. The molecule has 1 aliphatic rings. The summed E-state index contributed by atoms with van der Waals surface area (Å²) < 4.78 is 28.0. The van der Waals surface area contributed by atoms with E-state index in [1.165, 1.54) is 136 Å². The van der Waals surface area contributed by atoms with Crippen LogP contribution in [0.1, 0.15) is 227 Å². The average Bonchev–Trinajstić information content (AvgIpc) is 3.34. The second kappa shape index (κ2) is 41.9. The quantitative estimate of drug-likeness (QED) is 0.0202. The monoisotopic (exact) mass is 1030 g/mol. The molecule has 0 aromatic carbocycles. The van der Waals surface area contributed by atoms with Gasteiger partial charge in [0.2, 0.25) is 17.7 Å². The number of aliphatic hydroxyl groups excluding tert-OH is 3. The van der Waals surface area contributed by atoms with Crippen molar-refractivity contribution in [1.82, 2.24) is 10.2 Å². The van der Waals surface area contributed by atoms with Gasteiger partial charge in [-0.05, 0) is 33.1 Å². The minimum atomic E-state index is -1.66. The maximum absolute atomic E-state index is 13.5. The highest BCUT2D eigenvalue weighted by molar-refractivity contribution is 5.89. The SMILES string of the molecule is CCCCCCCCCCCCCCCC(=O)OC[C@@H](COC(=O)CC[C@@H](C(N)=O)N(CC(C)O[C@H]1[C@H](O)[C@@H](CO)O[C@H](O)[C@@H]1NC(C)=O)C(=O)[C@H](C)N)OC(=O)CCCCCCCCCCCCCCC. The summed E-state index contributed by atoms with van der Waals surface area (Å²) in [6, 6.07) is -3.77. The number of nitrogens with two attached hydrogens (primary N) is 2. The number of unbranched alkanes of at least 4 members (excludes halogenated alkanes) is 24. The lowest BCUT2D eigenvalue weighted by molar-refractivity contribution is -0.268. The third-order valence-corrected chi connectivity index (χ3v) is 13.2. The molecule has 0 radical (unpaired) electrons. The number of hydrogen-bond donors (Lipinski definition) is 6. The van der Waals surface area contributed by atoms with E-state index in [2.05, 4.69) is 19.2 Å². The van der Waals surface area contributed by atoms with E-state index in [0.29, 0.717) is 12.8 Å². The summed E-state index contributed by atoms with van der Waals surface area (Å²) in [5.74, 6) is -3.98. The van der Waals surface area contributed by atoms with Gasteiger partial charge in [-0.3, -0.25) is 28.8 Å². The molecule has 18 nitrogen and oxygen atoms in total. The molecule has 1 heterocycles. The zero-order valence-corrected chi connectivity index (χ0v) is 45.2. The Morgan fingerprint density at radius 1 is 0.639 bits per heavy atom. The van der Waals surface area contributed by atoms with Crippen molar-refractivity contribution in [3.63, 3.8) is 0 Å². The van der Waals surface area contributed by atoms with Crippen molar-refractivity contribution in [1.29, 1.82) is 0 Å². The van der Waals surface area contributed by atoms with Gasteiger partial charge >= 0.3 is 17.9 Å². The van der Waals surface area contributed by atoms with E-state index in [4.69, 9.17) is 35.2 Å². The number of nitrogens with one attached hydrogen (secondary N) is 1. The second-order valence-corrected chi connectivity index (χ2v) is 20.1. The van der Waals surface area contributed by atoms with Crippen molar-refractivity contribution in [3.05, 3.63) is 0 Å². The summed E-state index contributed by atoms with van der Waals surface area (Å²) in [6.45, 7) is 6.81. The van der Waals surface area contributed by atoms with Crippen molar-refractivity contribution >= 4 is 35.6 Å². The van der Waals surface area contributed by atoms with E-state index >= 15 is 0 Å². The van der Waals surface area contributed by atoms with Gasteiger partial charge in [-0.2, -0.15) is 0 Å². The summed E-state index contributed by atoms with van der Waals surface area (Å²) in [5.41, 5.74) is 11.7. The van der Waals surface area contributed by atoms with E-state index < -0.39 is 110 Å². The van der Waals surface area contributed by atoms with Crippen molar-refractivity contribution < 1.29 is 67.8 Å². The Kier molecular flexibility index (Phi) is 38.7. The molecule has 9 atom stereocenters. The van der Waals surface area contributed by atoms with E-state index in [1.807, 2.05) is 0 Å². The number of ether oxygens (including phenoxy) is 5. The van der Waals surface area contributed by atoms with Crippen molar-refractivity contribution in [3.8, 4) is 0 Å². The summed E-state index contributed by atoms with van der Waals surface area (Å²) >= 11 is 0. The number of carbonyl (C=O) groups excluding carboxylic acids is 6. The number of carbonyl (C=O) groups is 6. The van der Waals surface area contributed by atoms with Gasteiger partial charge in [-0.25, -0.2) is 0 Å². The molecule has 1 unspecified atom stereocenters. The Balaban J connectivity index is 2.84. The fourth-order valence-corrected chi connectivity index (χ4v) is 9.01. The molecule has 1 saturated heterocycles. The van der Waals surface area contributed by atoms with Crippen molar-refractivity contribution in [2.45, 2.75) is 282 Å². The van der Waals surface area contributed by atoms with Gasteiger partial charge < -0.3 is 60.7 Å². The molecule has 0 aromatic heterocycles. The maximum atomic E-state index is 13.5. The Bertz CT molecular complexity index is 1470. The van der Waals surface area contributed by atoms with Gasteiger partial charge in [0.05, 0.1) is 18.8 Å². The fraction of sp³-hybridized carbons (Fsp3) is 0.889. The first kappa shape index (κ1) is 66.6. The highest BCUT2D eigenvalue weighted by atomic mass is 16.6. The van der Waals surface area contributed by atoms with Gasteiger partial charge in [-0.15, -0.1) is 0 Å². The summed E-state index contributed by atoms with van der Waals surface area (Å²) in [4.78, 5) is 78.4. The number of rotatable bonds is 45. The molecular weight excluding hydrogens is 929 g/mol. The minimum absolute atomic E-state index is 0.158. The Labute approximate surface area is 432 Å². The molecule has 1 rings (SSSR count). The van der Waals surface area contributed by atoms with E-state index in [-0.39, 0.29) is 32.4 Å². The largest absolute Gasteiger partial charge is 0.462 e. The number of amides is 3. The van der Waals surface area contributed by atoms with Crippen molar-refractivity contribution in [2.24, 2.45) is 11.5 Å². The first-order valence-corrected chi connectivity index (χ1v) is 28.0. The number of esters is 3. The topological polar surface area (TPSA) is 277 Å².